The molecule has 1 N–H and O–H groups in total. The molecule has 1 aromatic carbocycles. The molecule has 1 aliphatic heterocycles. The molecule has 188 valence electrons. The number of anilines is 1. The third-order valence-electron chi connectivity index (χ3n) is 5.71. The maximum atomic E-state index is 12.8. The number of fused-ring (bicyclic) bond motifs is 1. The summed E-state index contributed by atoms with van der Waals surface area (Å²) in [7, 11) is 0. The molecule has 0 aliphatic carbocycles. The highest BCUT2D eigenvalue weighted by molar-refractivity contribution is 7.99. The Morgan fingerprint density at radius 3 is 2.60 bits per heavy atom. The maximum absolute atomic E-state index is 12.8. The normalized spacial score (nSPS) is 13.4. The molecule has 3 heterocycles. The minimum absolute atomic E-state index is 0.169. The summed E-state index contributed by atoms with van der Waals surface area (Å²) < 4.78 is 13.1. The van der Waals surface area contributed by atoms with Crippen molar-refractivity contribution >= 4 is 34.5 Å². The Hall–Kier alpha value is -3.01. The van der Waals surface area contributed by atoms with Crippen molar-refractivity contribution in [1.82, 2.24) is 25.1 Å². The molecular formula is C25H34N6O3S. The van der Waals surface area contributed by atoms with E-state index < -0.39 is 0 Å². The zero-order valence-corrected chi connectivity index (χ0v) is 21.6. The van der Waals surface area contributed by atoms with Crippen LogP contribution < -0.4 is 19.7 Å². The highest BCUT2D eigenvalue weighted by Gasteiger charge is 2.21. The smallest absolute Gasteiger partial charge is 0.251 e. The molecular weight excluding hydrogens is 464 g/mol. The van der Waals surface area contributed by atoms with Crippen LogP contribution in [0.1, 0.15) is 50.4 Å². The van der Waals surface area contributed by atoms with Gasteiger partial charge in [0.1, 0.15) is 5.82 Å². The highest BCUT2D eigenvalue weighted by atomic mass is 32.2. The van der Waals surface area contributed by atoms with Gasteiger partial charge in [-0.25, -0.2) is 14.6 Å². The fourth-order valence-electron chi connectivity index (χ4n) is 4.08. The zero-order valence-electron chi connectivity index (χ0n) is 20.7. The van der Waals surface area contributed by atoms with Gasteiger partial charge in [-0.2, -0.15) is 5.10 Å². The van der Waals surface area contributed by atoms with Crippen LogP contribution in [-0.2, 0) is 6.54 Å². The fraction of sp³-hybridized carbons (Fsp3) is 0.520. The van der Waals surface area contributed by atoms with Crippen LogP contribution in [0.5, 0.6) is 11.5 Å². The van der Waals surface area contributed by atoms with Crippen LogP contribution in [0.25, 0.3) is 11.0 Å². The number of ether oxygens (including phenoxy) is 2. The molecule has 0 unspecified atom stereocenters. The fourth-order valence-corrected chi connectivity index (χ4v) is 4.77. The summed E-state index contributed by atoms with van der Waals surface area (Å²) >= 11 is 1.67. The van der Waals surface area contributed by atoms with Crippen molar-refractivity contribution in [2.45, 2.75) is 51.7 Å². The van der Waals surface area contributed by atoms with Gasteiger partial charge in [-0.05, 0) is 51.3 Å². The Bertz CT molecular complexity index is 1150. The summed E-state index contributed by atoms with van der Waals surface area (Å²) in [6.07, 6.45) is 5.27. The standard InChI is InChI=1S/C25H34N6O3S/c1-4-15-35-25-28-22(30-12-7-8-13-30)19-17-27-31(23(19)29-25)14-11-26-24(32)18-9-10-20(33-5-2)21(16-18)34-6-3/h9-10,16-17H,4-8,11-15H2,1-3H3,(H,26,32). The number of nitrogens with one attached hydrogen (secondary N) is 1. The molecule has 1 amide bonds. The van der Waals surface area contributed by atoms with Gasteiger partial charge in [-0.1, -0.05) is 18.7 Å². The first kappa shape index (κ1) is 25.1. The van der Waals surface area contributed by atoms with E-state index in [4.69, 9.17) is 19.4 Å². The van der Waals surface area contributed by atoms with Crippen LogP contribution in [0.2, 0.25) is 0 Å². The Balaban J connectivity index is 1.47. The average Bonchev–Trinajstić information content (AvgIpc) is 3.54. The van der Waals surface area contributed by atoms with Gasteiger partial charge in [0.25, 0.3) is 5.91 Å². The van der Waals surface area contributed by atoms with E-state index in [-0.39, 0.29) is 5.91 Å². The van der Waals surface area contributed by atoms with Crippen molar-refractivity contribution in [3.8, 4) is 11.5 Å². The molecule has 1 saturated heterocycles. The number of hydrogen-bond donors (Lipinski definition) is 1. The molecule has 1 aliphatic rings. The van der Waals surface area contributed by atoms with E-state index in [1.54, 1.807) is 30.0 Å². The monoisotopic (exact) mass is 498 g/mol. The number of carbonyl (C=O) groups is 1. The van der Waals surface area contributed by atoms with E-state index in [2.05, 4.69) is 22.2 Å². The predicted molar refractivity (Wildman–Crippen MR) is 139 cm³/mol. The number of nitrogens with zero attached hydrogens (tertiary/aromatic N) is 5. The quantitative estimate of drug-likeness (QED) is 0.294. The molecule has 0 saturated carbocycles. The first-order valence-electron chi connectivity index (χ1n) is 12.4. The second-order valence-corrected chi connectivity index (χ2v) is 9.32. The minimum Gasteiger partial charge on any atom is -0.490 e. The van der Waals surface area contributed by atoms with E-state index in [9.17, 15) is 4.79 Å². The van der Waals surface area contributed by atoms with Gasteiger partial charge in [0, 0.05) is 31.0 Å². The van der Waals surface area contributed by atoms with Crippen LogP contribution in [0, 0.1) is 0 Å². The molecule has 0 atom stereocenters. The third-order valence-corrected chi connectivity index (χ3v) is 6.76. The lowest BCUT2D eigenvalue weighted by molar-refractivity contribution is 0.0951. The SMILES string of the molecule is CCCSc1nc(N2CCCC2)c2cnn(CCNC(=O)c3ccc(OCC)c(OCC)c3)c2n1. The Morgan fingerprint density at radius 2 is 1.86 bits per heavy atom. The van der Waals surface area contributed by atoms with Gasteiger partial charge in [0.15, 0.2) is 22.3 Å². The van der Waals surface area contributed by atoms with E-state index in [0.29, 0.717) is 43.4 Å². The van der Waals surface area contributed by atoms with Crippen molar-refractivity contribution in [2.75, 3.05) is 43.5 Å². The molecule has 4 rings (SSSR count). The van der Waals surface area contributed by atoms with Crippen LogP contribution in [0.4, 0.5) is 5.82 Å². The molecule has 3 aromatic rings. The topological polar surface area (TPSA) is 94.4 Å². The number of thioether (sulfide) groups is 1. The summed E-state index contributed by atoms with van der Waals surface area (Å²) in [4.78, 5) is 24.8. The number of benzene rings is 1. The Morgan fingerprint density at radius 1 is 1.09 bits per heavy atom. The van der Waals surface area contributed by atoms with Crippen molar-refractivity contribution in [3.63, 3.8) is 0 Å². The largest absolute Gasteiger partial charge is 0.490 e. The third kappa shape index (κ3) is 5.98. The van der Waals surface area contributed by atoms with E-state index >= 15 is 0 Å². The molecule has 0 spiro atoms. The van der Waals surface area contributed by atoms with Crippen LogP contribution >= 0.6 is 11.8 Å². The Labute approximate surface area is 210 Å². The maximum Gasteiger partial charge on any atom is 0.251 e. The summed E-state index contributed by atoms with van der Waals surface area (Å²) in [6, 6.07) is 5.25. The van der Waals surface area contributed by atoms with E-state index in [1.165, 1.54) is 12.8 Å². The van der Waals surface area contributed by atoms with Gasteiger partial charge in [0.05, 0.1) is 31.3 Å². The summed E-state index contributed by atoms with van der Waals surface area (Å²) in [5, 5.41) is 9.31. The van der Waals surface area contributed by atoms with E-state index in [1.807, 2.05) is 24.7 Å². The predicted octanol–water partition coefficient (Wildman–Crippen LogP) is 4.16. The lowest BCUT2D eigenvalue weighted by atomic mass is 10.2. The number of carbonyl (C=O) groups excluding carboxylic acids is 1. The second-order valence-electron chi connectivity index (χ2n) is 8.26. The average molecular weight is 499 g/mol. The molecule has 1 fully saturated rings. The van der Waals surface area contributed by atoms with Crippen molar-refractivity contribution < 1.29 is 14.3 Å². The van der Waals surface area contributed by atoms with Crippen molar-refractivity contribution in [1.29, 1.82) is 0 Å². The first-order valence-corrected chi connectivity index (χ1v) is 13.4. The van der Waals surface area contributed by atoms with Crippen LogP contribution in [-0.4, -0.2) is 64.3 Å². The molecule has 9 nitrogen and oxygen atoms in total. The van der Waals surface area contributed by atoms with E-state index in [0.717, 1.165) is 47.3 Å². The number of hydrogen-bond acceptors (Lipinski definition) is 8. The van der Waals surface area contributed by atoms with Crippen LogP contribution in [0.3, 0.4) is 0 Å². The van der Waals surface area contributed by atoms with Gasteiger partial charge >= 0.3 is 0 Å². The minimum atomic E-state index is -0.169. The molecule has 2 aromatic heterocycles. The number of rotatable bonds is 12. The second kappa shape index (κ2) is 12.1. The summed E-state index contributed by atoms with van der Waals surface area (Å²) in [6.45, 7) is 9.96. The lowest BCUT2D eigenvalue weighted by Crippen LogP contribution is -2.27. The molecule has 35 heavy (non-hydrogen) atoms. The van der Waals surface area contributed by atoms with Gasteiger partial charge < -0.3 is 19.7 Å². The number of amides is 1. The van der Waals surface area contributed by atoms with Crippen molar-refractivity contribution in [3.05, 3.63) is 30.0 Å². The summed E-state index contributed by atoms with van der Waals surface area (Å²) in [5.41, 5.74) is 1.34. The zero-order chi connectivity index (χ0) is 24.6. The number of aromatic nitrogens is 4. The van der Waals surface area contributed by atoms with Crippen molar-refractivity contribution in [2.24, 2.45) is 0 Å². The van der Waals surface area contributed by atoms with Gasteiger partial charge in [-0.3, -0.25) is 4.79 Å². The Kier molecular flexibility index (Phi) is 8.68. The molecule has 10 heteroatoms. The van der Waals surface area contributed by atoms with Crippen LogP contribution in [0.15, 0.2) is 29.6 Å². The first-order chi connectivity index (χ1) is 17.1. The summed E-state index contributed by atoms with van der Waals surface area (Å²) in [5.74, 6) is 2.99. The van der Waals surface area contributed by atoms with Gasteiger partial charge in [-0.15, -0.1) is 0 Å². The lowest BCUT2D eigenvalue weighted by Gasteiger charge is -2.18. The highest BCUT2D eigenvalue weighted by Crippen LogP contribution is 2.30. The molecule has 0 bridgehead atoms. The molecule has 0 radical (unpaired) electrons. The van der Waals surface area contributed by atoms with Gasteiger partial charge in [0.2, 0.25) is 0 Å².